The number of hydrogen-bond acceptors (Lipinski definition) is 6. The van der Waals surface area contributed by atoms with Crippen LogP contribution in [0.1, 0.15) is 38.9 Å². The first-order chi connectivity index (χ1) is 10.1. The fourth-order valence-corrected chi connectivity index (χ4v) is 1.70. The average Bonchev–Trinajstić information content (AvgIpc) is 2.38. The minimum Gasteiger partial charge on any atom is -0.508 e. The molecule has 0 aromatic heterocycles. The SMILES string of the molecule is COC(=O)C[C@H](O)c1cc(O)ccc1NC(=O)OC(C)(C)C. The van der Waals surface area contributed by atoms with Gasteiger partial charge in [0.15, 0.2) is 0 Å². The van der Waals surface area contributed by atoms with Crippen LogP contribution in [0.15, 0.2) is 18.2 Å². The van der Waals surface area contributed by atoms with Crippen molar-refractivity contribution >= 4 is 17.7 Å². The van der Waals surface area contributed by atoms with Crippen molar-refractivity contribution in [2.45, 2.75) is 38.9 Å². The molecule has 1 rings (SSSR count). The Bertz CT molecular complexity index is 549. The van der Waals surface area contributed by atoms with E-state index in [0.29, 0.717) is 0 Å². The van der Waals surface area contributed by atoms with Gasteiger partial charge in [-0.25, -0.2) is 4.79 Å². The summed E-state index contributed by atoms with van der Waals surface area (Å²) in [6, 6.07) is 4.02. The van der Waals surface area contributed by atoms with Gasteiger partial charge in [0.25, 0.3) is 0 Å². The Labute approximate surface area is 128 Å². The number of aromatic hydroxyl groups is 1. The third-order valence-electron chi connectivity index (χ3n) is 2.62. The van der Waals surface area contributed by atoms with E-state index in [4.69, 9.17) is 4.74 Å². The fourth-order valence-electron chi connectivity index (χ4n) is 1.70. The van der Waals surface area contributed by atoms with Gasteiger partial charge in [-0.05, 0) is 39.0 Å². The number of carbonyl (C=O) groups is 2. The van der Waals surface area contributed by atoms with E-state index in [-0.39, 0.29) is 23.4 Å². The smallest absolute Gasteiger partial charge is 0.412 e. The van der Waals surface area contributed by atoms with Gasteiger partial charge in [-0.3, -0.25) is 10.1 Å². The molecule has 122 valence electrons. The van der Waals surface area contributed by atoms with Crippen molar-refractivity contribution in [2.24, 2.45) is 0 Å². The maximum absolute atomic E-state index is 11.8. The van der Waals surface area contributed by atoms with Crippen molar-refractivity contribution < 1.29 is 29.3 Å². The van der Waals surface area contributed by atoms with E-state index in [0.717, 1.165) is 0 Å². The molecule has 0 fully saturated rings. The standard InChI is InChI=1S/C15H21NO6/c1-15(2,3)22-14(20)16-11-6-5-9(17)7-10(11)12(18)8-13(19)21-4/h5-7,12,17-18H,8H2,1-4H3,(H,16,20)/t12-/m0/s1. The highest BCUT2D eigenvalue weighted by molar-refractivity contribution is 5.86. The molecule has 22 heavy (non-hydrogen) atoms. The van der Waals surface area contributed by atoms with E-state index in [9.17, 15) is 19.8 Å². The Morgan fingerprint density at radius 2 is 1.95 bits per heavy atom. The van der Waals surface area contributed by atoms with Crippen LogP contribution in [0.2, 0.25) is 0 Å². The number of carbonyl (C=O) groups excluding carboxylic acids is 2. The van der Waals surface area contributed by atoms with Crippen LogP contribution in [0.4, 0.5) is 10.5 Å². The second-order valence-electron chi connectivity index (χ2n) is 5.69. The lowest BCUT2D eigenvalue weighted by Crippen LogP contribution is -2.27. The van der Waals surface area contributed by atoms with Crippen LogP contribution in [0.5, 0.6) is 5.75 Å². The molecule has 1 aromatic carbocycles. The summed E-state index contributed by atoms with van der Waals surface area (Å²) in [5.74, 6) is -0.715. The molecule has 7 heteroatoms. The van der Waals surface area contributed by atoms with Gasteiger partial charge < -0.3 is 19.7 Å². The van der Waals surface area contributed by atoms with Gasteiger partial charge in [0, 0.05) is 5.56 Å². The lowest BCUT2D eigenvalue weighted by atomic mass is 10.0. The molecule has 1 aromatic rings. The van der Waals surface area contributed by atoms with Crippen molar-refractivity contribution in [3.63, 3.8) is 0 Å². The second-order valence-corrected chi connectivity index (χ2v) is 5.69. The van der Waals surface area contributed by atoms with E-state index in [2.05, 4.69) is 10.1 Å². The number of benzene rings is 1. The summed E-state index contributed by atoms with van der Waals surface area (Å²) in [6.07, 6.45) is -2.24. The number of hydrogen-bond donors (Lipinski definition) is 3. The number of aliphatic hydroxyl groups excluding tert-OH is 1. The Kier molecular flexibility index (Phi) is 5.76. The molecule has 0 aliphatic rings. The summed E-state index contributed by atoms with van der Waals surface area (Å²) in [4.78, 5) is 23.0. The first-order valence-electron chi connectivity index (χ1n) is 6.70. The van der Waals surface area contributed by atoms with Gasteiger partial charge in [-0.1, -0.05) is 0 Å². The van der Waals surface area contributed by atoms with Gasteiger partial charge in [0.2, 0.25) is 0 Å². The molecule has 0 bridgehead atoms. The van der Waals surface area contributed by atoms with Crippen LogP contribution < -0.4 is 5.32 Å². The first kappa shape index (κ1) is 17.8. The van der Waals surface area contributed by atoms with Gasteiger partial charge in [0.1, 0.15) is 11.4 Å². The number of phenolic OH excluding ortho intramolecular Hbond substituents is 1. The van der Waals surface area contributed by atoms with Gasteiger partial charge in [0.05, 0.1) is 25.3 Å². The minimum atomic E-state index is -1.23. The summed E-state index contributed by atoms with van der Waals surface area (Å²) in [7, 11) is 1.21. The summed E-state index contributed by atoms with van der Waals surface area (Å²) in [5.41, 5.74) is -0.245. The number of rotatable bonds is 4. The van der Waals surface area contributed by atoms with Crippen LogP contribution in [0, 0.1) is 0 Å². The van der Waals surface area contributed by atoms with E-state index in [1.54, 1.807) is 20.8 Å². The molecule has 1 amide bonds. The predicted octanol–water partition coefficient (Wildman–Crippen LogP) is 2.34. The molecule has 3 N–H and O–H groups in total. The number of aliphatic hydroxyl groups is 1. The molecule has 0 aliphatic carbocycles. The lowest BCUT2D eigenvalue weighted by molar-refractivity contribution is -0.142. The Hall–Kier alpha value is -2.28. The number of phenols is 1. The van der Waals surface area contributed by atoms with Gasteiger partial charge in [-0.15, -0.1) is 0 Å². The molecule has 0 aliphatic heterocycles. The predicted molar refractivity (Wildman–Crippen MR) is 79.6 cm³/mol. The highest BCUT2D eigenvalue weighted by Gasteiger charge is 2.21. The fraction of sp³-hybridized carbons (Fsp3) is 0.467. The van der Waals surface area contributed by atoms with Crippen LogP contribution in [0.3, 0.4) is 0 Å². The minimum absolute atomic E-state index is 0.103. The maximum Gasteiger partial charge on any atom is 0.412 e. The Balaban J connectivity index is 2.95. The molecule has 0 saturated heterocycles. The summed E-state index contributed by atoms with van der Waals surface area (Å²) >= 11 is 0. The zero-order chi connectivity index (χ0) is 16.9. The monoisotopic (exact) mass is 311 g/mol. The van der Waals surface area contributed by atoms with Crippen molar-refractivity contribution in [2.75, 3.05) is 12.4 Å². The van der Waals surface area contributed by atoms with Gasteiger partial charge >= 0.3 is 12.1 Å². The third kappa shape index (κ3) is 5.61. The largest absolute Gasteiger partial charge is 0.508 e. The third-order valence-corrected chi connectivity index (χ3v) is 2.62. The Morgan fingerprint density at radius 1 is 1.32 bits per heavy atom. The summed E-state index contributed by atoms with van der Waals surface area (Å²) in [6.45, 7) is 5.16. The highest BCUT2D eigenvalue weighted by Crippen LogP contribution is 2.29. The normalized spacial score (nSPS) is 12.4. The maximum atomic E-state index is 11.8. The number of anilines is 1. The number of methoxy groups -OCH3 is 1. The first-order valence-corrected chi connectivity index (χ1v) is 6.70. The summed E-state index contributed by atoms with van der Waals surface area (Å²) in [5, 5.41) is 22.1. The van der Waals surface area contributed by atoms with Crippen LogP contribution in [-0.4, -0.2) is 35.0 Å². The zero-order valence-electron chi connectivity index (χ0n) is 13.0. The lowest BCUT2D eigenvalue weighted by Gasteiger charge is -2.21. The summed E-state index contributed by atoms with van der Waals surface area (Å²) < 4.78 is 9.61. The molecular weight excluding hydrogens is 290 g/mol. The number of amides is 1. The quantitative estimate of drug-likeness (QED) is 0.582. The van der Waals surface area contributed by atoms with Crippen molar-refractivity contribution in [3.8, 4) is 5.75 Å². The number of esters is 1. The van der Waals surface area contributed by atoms with Crippen LogP contribution in [-0.2, 0) is 14.3 Å². The molecule has 0 spiro atoms. The van der Waals surface area contributed by atoms with E-state index < -0.39 is 23.8 Å². The van der Waals surface area contributed by atoms with Crippen LogP contribution >= 0.6 is 0 Å². The molecule has 0 heterocycles. The molecule has 1 atom stereocenters. The second kappa shape index (κ2) is 7.13. The van der Waals surface area contributed by atoms with Crippen LogP contribution in [0.25, 0.3) is 0 Å². The van der Waals surface area contributed by atoms with E-state index in [1.165, 1.54) is 25.3 Å². The highest BCUT2D eigenvalue weighted by atomic mass is 16.6. The molecule has 7 nitrogen and oxygen atoms in total. The average molecular weight is 311 g/mol. The van der Waals surface area contributed by atoms with Crippen molar-refractivity contribution in [1.82, 2.24) is 0 Å². The molecule has 0 radical (unpaired) electrons. The number of ether oxygens (including phenoxy) is 2. The molecule has 0 saturated carbocycles. The van der Waals surface area contributed by atoms with Gasteiger partial charge in [-0.2, -0.15) is 0 Å². The Morgan fingerprint density at radius 3 is 2.50 bits per heavy atom. The molecular formula is C15H21NO6. The van der Waals surface area contributed by atoms with E-state index >= 15 is 0 Å². The van der Waals surface area contributed by atoms with Crippen molar-refractivity contribution in [1.29, 1.82) is 0 Å². The van der Waals surface area contributed by atoms with Crippen molar-refractivity contribution in [3.05, 3.63) is 23.8 Å². The zero-order valence-corrected chi connectivity index (χ0v) is 13.0. The molecule has 0 unspecified atom stereocenters. The topological polar surface area (TPSA) is 105 Å². The number of nitrogens with one attached hydrogen (secondary N) is 1. The van der Waals surface area contributed by atoms with E-state index in [1.807, 2.05) is 0 Å².